The van der Waals surface area contributed by atoms with Crippen LogP contribution >= 0.6 is 22.9 Å². The van der Waals surface area contributed by atoms with Crippen molar-refractivity contribution < 1.29 is 0 Å². The standard InChI is InChI=1S/C12H18ClN3S/c1-8(2)9(3)15(4)11-10(7-13)16-5-6-17-12(16)14-11/h5-6,8-9H,7H2,1-4H3. The molecule has 5 heteroatoms. The van der Waals surface area contributed by atoms with Gasteiger partial charge in [-0.05, 0) is 12.8 Å². The number of thiazole rings is 1. The highest BCUT2D eigenvalue weighted by Gasteiger charge is 2.21. The van der Waals surface area contributed by atoms with Crippen LogP contribution in [-0.4, -0.2) is 22.5 Å². The summed E-state index contributed by atoms with van der Waals surface area (Å²) in [6.07, 6.45) is 2.03. The van der Waals surface area contributed by atoms with Crippen molar-refractivity contribution in [1.29, 1.82) is 0 Å². The molecule has 0 amide bonds. The number of aromatic nitrogens is 2. The van der Waals surface area contributed by atoms with Crippen LogP contribution in [0.4, 0.5) is 5.82 Å². The van der Waals surface area contributed by atoms with Crippen LogP contribution in [0.1, 0.15) is 26.5 Å². The molecule has 0 aromatic carbocycles. The Morgan fingerprint density at radius 1 is 1.47 bits per heavy atom. The molecule has 2 rings (SSSR count). The molecular formula is C12H18ClN3S. The van der Waals surface area contributed by atoms with Crippen molar-refractivity contribution in [2.45, 2.75) is 32.7 Å². The Balaban J connectivity index is 2.43. The highest BCUT2D eigenvalue weighted by Crippen LogP contribution is 2.27. The summed E-state index contributed by atoms with van der Waals surface area (Å²) in [6, 6.07) is 0.446. The first-order valence-corrected chi connectivity index (χ1v) is 7.21. The molecule has 0 fully saturated rings. The van der Waals surface area contributed by atoms with Crippen molar-refractivity contribution in [3.63, 3.8) is 0 Å². The molecule has 1 atom stereocenters. The minimum Gasteiger partial charge on any atom is -0.355 e. The topological polar surface area (TPSA) is 20.5 Å². The highest BCUT2D eigenvalue weighted by atomic mass is 35.5. The second-order valence-electron chi connectivity index (χ2n) is 4.67. The van der Waals surface area contributed by atoms with Gasteiger partial charge in [0, 0.05) is 24.7 Å². The van der Waals surface area contributed by atoms with Gasteiger partial charge in [0.05, 0.1) is 11.6 Å². The molecule has 17 heavy (non-hydrogen) atoms. The summed E-state index contributed by atoms with van der Waals surface area (Å²) >= 11 is 7.70. The predicted octanol–water partition coefficient (Wildman–Crippen LogP) is 3.62. The molecular weight excluding hydrogens is 254 g/mol. The lowest BCUT2D eigenvalue weighted by Gasteiger charge is -2.28. The van der Waals surface area contributed by atoms with Gasteiger partial charge in [-0.15, -0.1) is 22.9 Å². The Morgan fingerprint density at radius 2 is 2.18 bits per heavy atom. The lowest BCUT2D eigenvalue weighted by atomic mass is 10.1. The molecule has 0 aliphatic heterocycles. The summed E-state index contributed by atoms with van der Waals surface area (Å²) in [5.74, 6) is 2.08. The van der Waals surface area contributed by atoms with E-state index >= 15 is 0 Å². The van der Waals surface area contributed by atoms with E-state index in [1.165, 1.54) is 0 Å². The summed E-state index contributed by atoms with van der Waals surface area (Å²) < 4.78 is 2.08. The van der Waals surface area contributed by atoms with E-state index < -0.39 is 0 Å². The fraction of sp³-hybridized carbons (Fsp3) is 0.583. The molecule has 2 heterocycles. The lowest BCUT2D eigenvalue weighted by Crippen LogP contribution is -2.34. The molecule has 0 radical (unpaired) electrons. The average molecular weight is 272 g/mol. The molecule has 3 nitrogen and oxygen atoms in total. The van der Waals surface area contributed by atoms with Gasteiger partial charge in [-0.3, -0.25) is 4.40 Å². The highest BCUT2D eigenvalue weighted by molar-refractivity contribution is 7.15. The SMILES string of the molecule is CC(C)C(C)N(C)c1nc2sccn2c1CCl. The third kappa shape index (κ3) is 2.16. The zero-order valence-corrected chi connectivity index (χ0v) is 12.2. The van der Waals surface area contributed by atoms with Gasteiger partial charge in [0.15, 0.2) is 10.8 Å². The predicted molar refractivity (Wildman–Crippen MR) is 75.3 cm³/mol. The van der Waals surface area contributed by atoms with Crippen molar-refractivity contribution in [2.75, 3.05) is 11.9 Å². The second-order valence-corrected chi connectivity index (χ2v) is 5.81. The Bertz CT molecular complexity index is 503. The number of imidazole rings is 1. The minimum atomic E-state index is 0.446. The van der Waals surface area contributed by atoms with E-state index in [0.717, 1.165) is 16.5 Å². The molecule has 0 aliphatic rings. The van der Waals surface area contributed by atoms with Crippen LogP contribution in [0.25, 0.3) is 4.96 Å². The molecule has 0 saturated carbocycles. The Morgan fingerprint density at radius 3 is 2.76 bits per heavy atom. The Hall–Kier alpha value is -0.740. The van der Waals surface area contributed by atoms with E-state index in [-0.39, 0.29) is 0 Å². The quantitative estimate of drug-likeness (QED) is 0.792. The fourth-order valence-electron chi connectivity index (χ4n) is 1.87. The van der Waals surface area contributed by atoms with Crippen LogP contribution in [0.2, 0.25) is 0 Å². The average Bonchev–Trinajstić information content (AvgIpc) is 2.85. The first kappa shape index (κ1) is 12.7. The fourth-order valence-corrected chi connectivity index (χ4v) is 2.84. The van der Waals surface area contributed by atoms with Crippen molar-refractivity contribution in [3.8, 4) is 0 Å². The largest absolute Gasteiger partial charge is 0.355 e. The summed E-state index contributed by atoms with van der Waals surface area (Å²) in [6.45, 7) is 6.66. The minimum absolute atomic E-state index is 0.446. The molecule has 0 spiro atoms. The number of nitrogens with zero attached hydrogens (tertiary/aromatic N) is 3. The molecule has 94 valence electrons. The summed E-state index contributed by atoms with van der Waals surface area (Å²) in [7, 11) is 2.09. The maximum absolute atomic E-state index is 6.05. The molecule has 2 aromatic rings. The molecule has 0 N–H and O–H groups in total. The number of alkyl halides is 1. The van der Waals surface area contributed by atoms with E-state index in [2.05, 4.69) is 42.1 Å². The van der Waals surface area contributed by atoms with Crippen molar-refractivity contribution in [3.05, 3.63) is 17.3 Å². The van der Waals surface area contributed by atoms with Crippen molar-refractivity contribution in [2.24, 2.45) is 5.92 Å². The smallest absolute Gasteiger partial charge is 0.195 e. The van der Waals surface area contributed by atoms with Crippen LogP contribution in [0.5, 0.6) is 0 Å². The number of anilines is 1. The first-order chi connectivity index (χ1) is 8.06. The lowest BCUT2D eigenvalue weighted by molar-refractivity contribution is 0.502. The Kier molecular flexibility index (Phi) is 3.64. The summed E-state index contributed by atoms with van der Waals surface area (Å²) in [4.78, 5) is 7.91. The van der Waals surface area contributed by atoms with E-state index in [1.807, 2.05) is 11.6 Å². The van der Waals surface area contributed by atoms with Gasteiger partial charge in [0.1, 0.15) is 0 Å². The Labute approximate surface area is 111 Å². The number of rotatable bonds is 4. The van der Waals surface area contributed by atoms with Gasteiger partial charge in [-0.2, -0.15) is 0 Å². The van der Waals surface area contributed by atoms with E-state index in [4.69, 9.17) is 11.6 Å². The van der Waals surface area contributed by atoms with Gasteiger partial charge in [-0.1, -0.05) is 13.8 Å². The third-order valence-electron chi connectivity index (χ3n) is 3.38. The molecule has 0 aliphatic carbocycles. The third-order valence-corrected chi connectivity index (χ3v) is 4.39. The van der Waals surface area contributed by atoms with Gasteiger partial charge in [0.2, 0.25) is 0 Å². The van der Waals surface area contributed by atoms with Crippen molar-refractivity contribution >= 4 is 33.7 Å². The van der Waals surface area contributed by atoms with E-state index in [9.17, 15) is 0 Å². The normalized spacial score (nSPS) is 13.5. The van der Waals surface area contributed by atoms with Gasteiger partial charge < -0.3 is 4.90 Å². The van der Waals surface area contributed by atoms with Crippen LogP contribution in [0.15, 0.2) is 11.6 Å². The second kappa shape index (κ2) is 4.86. The zero-order valence-electron chi connectivity index (χ0n) is 10.6. The van der Waals surface area contributed by atoms with Crippen molar-refractivity contribution in [1.82, 2.24) is 9.38 Å². The van der Waals surface area contributed by atoms with Gasteiger partial charge in [0.25, 0.3) is 0 Å². The summed E-state index contributed by atoms with van der Waals surface area (Å²) in [5, 5.41) is 2.04. The number of halogens is 1. The van der Waals surface area contributed by atoms with E-state index in [1.54, 1.807) is 11.3 Å². The molecule has 2 aromatic heterocycles. The number of fused-ring (bicyclic) bond motifs is 1. The number of hydrogen-bond donors (Lipinski definition) is 0. The van der Waals surface area contributed by atoms with Gasteiger partial charge in [-0.25, -0.2) is 4.98 Å². The monoisotopic (exact) mass is 271 g/mol. The van der Waals surface area contributed by atoms with E-state index in [0.29, 0.717) is 17.8 Å². The molecule has 0 bridgehead atoms. The zero-order chi connectivity index (χ0) is 12.6. The van der Waals surface area contributed by atoms with Crippen LogP contribution < -0.4 is 4.90 Å². The van der Waals surface area contributed by atoms with Crippen LogP contribution in [0, 0.1) is 5.92 Å². The maximum Gasteiger partial charge on any atom is 0.195 e. The van der Waals surface area contributed by atoms with Crippen LogP contribution in [-0.2, 0) is 5.88 Å². The maximum atomic E-state index is 6.05. The van der Waals surface area contributed by atoms with Gasteiger partial charge >= 0.3 is 0 Å². The molecule has 1 unspecified atom stereocenters. The summed E-state index contributed by atoms with van der Waals surface area (Å²) in [5.41, 5.74) is 1.08. The van der Waals surface area contributed by atoms with Crippen LogP contribution in [0.3, 0.4) is 0 Å². The first-order valence-electron chi connectivity index (χ1n) is 5.79. The number of hydrogen-bond acceptors (Lipinski definition) is 3. The molecule has 0 saturated heterocycles.